The average Bonchev–Trinajstić information content (AvgIpc) is 2.85. The van der Waals surface area contributed by atoms with E-state index in [1.54, 1.807) is 0 Å². The molecule has 0 amide bonds. The van der Waals surface area contributed by atoms with E-state index in [2.05, 4.69) is 21.8 Å². The van der Waals surface area contributed by atoms with Gasteiger partial charge in [0.05, 0.1) is 6.61 Å². The van der Waals surface area contributed by atoms with Crippen molar-refractivity contribution in [1.29, 1.82) is 0 Å². The number of nitrogens with one attached hydrogen (secondary N) is 1. The van der Waals surface area contributed by atoms with Gasteiger partial charge in [-0.25, -0.2) is 4.98 Å². The van der Waals surface area contributed by atoms with E-state index in [1.807, 2.05) is 12.4 Å². The van der Waals surface area contributed by atoms with E-state index in [0.29, 0.717) is 5.92 Å². The largest absolute Gasteiger partial charge is 0.381 e. The summed E-state index contributed by atoms with van der Waals surface area (Å²) in [7, 11) is 0. The number of hydrogen-bond donors (Lipinski definition) is 1. The standard InChI is InChI=1S/C11H19N3O/c1-2-5-14-6-4-12-11(14)13-8-10-3-7-15-9-10/h4,6,10H,2-3,5,7-9H2,1H3,(H,12,13). The van der Waals surface area contributed by atoms with Crippen LogP contribution >= 0.6 is 0 Å². The summed E-state index contributed by atoms with van der Waals surface area (Å²) < 4.78 is 7.50. The molecule has 1 aromatic heterocycles. The van der Waals surface area contributed by atoms with Crippen molar-refractivity contribution in [3.8, 4) is 0 Å². The third-order valence-corrected chi connectivity index (χ3v) is 2.75. The highest BCUT2D eigenvalue weighted by atomic mass is 16.5. The fraction of sp³-hybridized carbons (Fsp3) is 0.727. The molecule has 0 spiro atoms. The van der Waals surface area contributed by atoms with E-state index in [9.17, 15) is 0 Å². The fourth-order valence-corrected chi connectivity index (χ4v) is 1.88. The summed E-state index contributed by atoms with van der Waals surface area (Å²) in [6.45, 7) is 5.98. The van der Waals surface area contributed by atoms with Gasteiger partial charge < -0.3 is 14.6 Å². The monoisotopic (exact) mass is 209 g/mol. The van der Waals surface area contributed by atoms with E-state index in [4.69, 9.17) is 4.74 Å². The van der Waals surface area contributed by atoms with Gasteiger partial charge in [-0.2, -0.15) is 0 Å². The Morgan fingerprint density at radius 2 is 2.60 bits per heavy atom. The lowest BCUT2D eigenvalue weighted by Gasteiger charge is -2.11. The van der Waals surface area contributed by atoms with Crippen LogP contribution in [0.25, 0.3) is 0 Å². The van der Waals surface area contributed by atoms with E-state index in [1.165, 1.54) is 6.42 Å². The third kappa shape index (κ3) is 2.72. The summed E-state index contributed by atoms with van der Waals surface area (Å²) >= 11 is 0. The lowest BCUT2D eigenvalue weighted by atomic mass is 10.1. The summed E-state index contributed by atoms with van der Waals surface area (Å²) in [5.41, 5.74) is 0. The number of anilines is 1. The minimum atomic E-state index is 0.650. The number of rotatable bonds is 5. The molecule has 0 saturated carbocycles. The summed E-state index contributed by atoms with van der Waals surface area (Å²) in [5.74, 6) is 1.64. The van der Waals surface area contributed by atoms with Crippen molar-refractivity contribution < 1.29 is 4.74 Å². The van der Waals surface area contributed by atoms with Crippen LogP contribution in [-0.4, -0.2) is 29.3 Å². The first kappa shape index (κ1) is 10.5. The van der Waals surface area contributed by atoms with Gasteiger partial charge in [0.15, 0.2) is 0 Å². The summed E-state index contributed by atoms with van der Waals surface area (Å²) in [5, 5.41) is 3.39. The highest BCUT2D eigenvalue weighted by Gasteiger charge is 2.15. The minimum Gasteiger partial charge on any atom is -0.381 e. The van der Waals surface area contributed by atoms with Crippen LogP contribution in [0.2, 0.25) is 0 Å². The van der Waals surface area contributed by atoms with E-state index >= 15 is 0 Å². The first-order chi connectivity index (χ1) is 7.40. The topological polar surface area (TPSA) is 39.1 Å². The molecule has 0 bridgehead atoms. The Morgan fingerprint density at radius 1 is 1.67 bits per heavy atom. The second kappa shape index (κ2) is 5.16. The Morgan fingerprint density at radius 3 is 3.33 bits per heavy atom. The molecule has 1 aromatic rings. The molecule has 0 aliphatic carbocycles. The normalized spacial score (nSPS) is 20.7. The van der Waals surface area contributed by atoms with Crippen molar-refractivity contribution in [3.05, 3.63) is 12.4 Å². The molecule has 1 atom stereocenters. The van der Waals surface area contributed by atoms with Gasteiger partial charge >= 0.3 is 0 Å². The molecule has 1 aliphatic rings. The number of hydrogen-bond acceptors (Lipinski definition) is 3. The van der Waals surface area contributed by atoms with Crippen LogP contribution in [0, 0.1) is 5.92 Å². The maximum Gasteiger partial charge on any atom is 0.202 e. The van der Waals surface area contributed by atoms with E-state index < -0.39 is 0 Å². The second-order valence-corrected chi connectivity index (χ2v) is 4.05. The first-order valence-corrected chi connectivity index (χ1v) is 5.73. The molecule has 15 heavy (non-hydrogen) atoms. The molecular formula is C11H19N3O. The highest BCUT2D eigenvalue weighted by molar-refractivity contribution is 5.25. The molecule has 4 heteroatoms. The van der Waals surface area contributed by atoms with Gasteiger partial charge in [0.2, 0.25) is 5.95 Å². The SMILES string of the molecule is CCCn1ccnc1NCC1CCOC1. The second-order valence-electron chi connectivity index (χ2n) is 4.05. The number of imidazole rings is 1. The van der Waals surface area contributed by atoms with Crippen molar-refractivity contribution in [2.24, 2.45) is 5.92 Å². The molecule has 0 radical (unpaired) electrons. The quantitative estimate of drug-likeness (QED) is 0.803. The maximum atomic E-state index is 5.34. The van der Waals surface area contributed by atoms with Gasteiger partial charge in [-0.3, -0.25) is 0 Å². The molecule has 1 N–H and O–H groups in total. The zero-order chi connectivity index (χ0) is 10.5. The van der Waals surface area contributed by atoms with Crippen molar-refractivity contribution >= 4 is 5.95 Å². The molecule has 1 fully saturated rings. The number of aryl methyl sites for hydroxylation is 1. The third-order valence-electron chi connectivity index (χ3n) is 2.75. The van der Waals surface area contributed by atoms with E-state index in [0.717, 1.165) is 38.7 Å². The predicted molar refractivity (Wildman–Crippen MR) is 59.9 cm³/mol. The van der Waals surface area contributed by atoms with Crippen LogP contribution in [0.3, 0.4) is 0 Å². The van der Waals surface area contributed by atoms with Gasteiger partial charge in [0.1, 0.15) is 0 Å². The first-order valence-electron chi connectivity index (χ1n) is 5.73. The van der Waals surface area contributed by atoms with Crippen LogP contribution in [0.4, 0.5) is 5.95 Å². The molecule has 1 aliphatic heterocycles. The molecule has 2 rings (SSSR count). The van der Waals surface area contributed by atoms with Crippen molar-refractivity contribution in [1.82, 2.24) is 9.55 Å². The Bertz CT molecular complexity index is 292. The fourth-order valence-electron chi connectivity index (χ4n) is 1.88. The van der Waals surface area contributed by atoms with Gasteiger partial charge in [-0.05, 0) is 12.8 Å². The van der Waals surface area contributed by atoms with Crippen LogP contribution in [0.15, 0.2) is 12.4 Å². The zero-order valence-electron chi connectivity index (χ0n) is 9.28. The maximum absolute atomic E-state index is 5.34. The van der Waals surface area contributed by atoms with Crippen LogP contribution in [0.5, 0.6) is 0 Å². The Balaban J connectivity index is 1.83. The van der Waals surface area contributed by atoms with Crippen molar-refractivity contribution in [3.63, 3.8) is 0 Å². The van der Waals surface area contributed by atoms with Gasteiger partial charge in [-0.1, -0.05) is 6.92 Å². The molecule has 84 valence electrons. The van der Waals surface area contributed by atoms with Crippen LogP contribution in [0.1, 0.15) is 19.8 Å². The van der Waals surface area contributed by atoms with E-state index in [-0.39, 0.29) is 0 Å². The van der Waals surface area contributed by atoms with Gasteiger partial charge in [0.25, 0.3) is 0 Å². The number of aromatic nitrogens is 2. The summed E-state index contributed by atoms with van der Waals surface area (Å²) in [4.78, 5) is 4.31. The zero-order valence-corrected chi connectivity index (χ0v) is 9.28. The summed E-state index contributed by atoms with van der Waals surface area (Å²) in [6.07, 6.45) is 6.18. The molecule has 4 nitrogen and oxygen atoms in total. The Hall–Kier alpha value is -1.03. The van der Waals surface area contributed by atoms with Crippen LogP contribution < -0.4 is 5.32 Å². The molecular weight excluding hydrogens is 190 g/mol. The highest BCUT2D eigenvalue weighted by Crippen LogP contribution is 2.13. The van der Waals surface area contributed by atoms with Crippen molar-refractivity contribution in [2.75, 3.05) is 25.1 Å². The summed E-state index contributed by atoms with van der Waals surface area (Å²) in [6, 6.07) is 0. The molecule has 2 heterocycles. The molecule has 1 saturated heterocycles. The van der Waals surface area contributed by atoms with Gasteiger partial charge in [0, 0.05) is 38.0 Å². The lowest BCUT2D eigenvalue weighted by Crippen LogP contribution is -2.16. The lowest BCUT2D eigenvalue weighted by molar-refractivity contribution is 0.187. The predicted octanol–water partition coefficient (Wildman–Crippen LogP) is 1.74. The molecule has 0 aromatic carbocycles. The van der Waals surface area contributed by atoms with Crippen LogP contribution in [-0.2, 0) is 11.3 Å². The average molecular weight is 209 g/mol. The minimum absolute atomic E-state index is 0.650. The smallest absolute Gasteiger partial charge is 0.202 e. The number of nitrogens with zero attached hydrogens (tertiary/aromatic N) is 2. The van der Waals surface area contributed by atoms with Crippen molar-refractivity contribution in [2.45, 2.75) is 26.3 Å². The Labute approximate surface area is 90.6 Å². The van der Waals surface area contributed by atoms with Gasteiger partial charge in [-0.15, -0.1) is 0 Å². The Kier molecular flexibility index (Phi) is 3.61. The number of ether oxygens (including phenoxy) is 1. The molecule has 1 unspecified atom stereocenters.